The van der Waals surface area contributed by atoms with Crippen molar-refractivity contribution in [3.05, 3.63) is 0 Å². The van der Waals surface area contributed by atoms with Crippen LogP contribution in [0.2, 0.25) is 0 Å². The molecule has 2 nitrogen and oxygen atoms in total. The van der Waals surface area contributed by atoms with Gasteiger partial charge in [0.2, 0.25) is 0 Å². The van der Waals surface area contributed by atoms with E-state index in [1.807, 2.05) is 13.3 Å². The van der Waals surface area contributed by atoms with Gasteiger partial charge in [0.15, 0.2) is 0 Å². The number of hydrogen-bond donors (Lipinski definition) is 1. The fourth-order valence-corrected chi connectivity index (χ4v) is 2.60. The van der Waals surface area contributed by atoms with Crippen LogP contribution in [-0.4, -0.2) is 32.6 Å². The quantitative estimate of drug-likeness (QED) is 0.586. The zero-order valence-electron chi connectivity index (χ0n) is 6.05. The molecule has 0 atom stereocenters. The van der Waals surface area contributed by atoms with Crippen LogP contribution in [-0.2, 0) is 4.57 Å². The molecule has 0 spiro atoms. The summed E-state index contributed by atoms with van der Waals surface area (Å²) in [5.41, 5.74) is 0. The van der Waals surface area contributed by atoms with Gasteiger partial charge in [0, 0.05) is 6.16 Å². The van der Waals surface area contributed by atoms with Gasteiger partial charge in [-0.1, -0.05) is 0 Å². The lowest BCUT2D eigenvalue weighted by molar-refractivity contribution is 0.379. The Morgan fingerprint density at radius 3 is 2.22 bits per heavy atom. The molecule has 0 unspecified atom stereocenters. The van der Waals surface area contributed by atoms with Crippen molar-refractivity contribution in [2.75, 3.05) is 32.6 Å². The summed E-state index contributed by atoms with van der Waals surface area (Å²) < 4.78 is 11.2. The summed E-state index contributed by atoms with van der Waals surface area (Å²) in [5, 5.41) is 3.16. The minimum atomic E-state index is -1.73. The lowest BCUT2D eigenvalue weighted by Gasteiger charge is -2.28. The molecule has 0 aliphatic carbocycles. The molecule has 1 aliphatic heterocycles. The van der Waals surface area contributed by atoms with Gasteiger partial charge >= 0.3 is 0 Å². The molecule has 1 fully saturated rings. The maximum atomic E-state index is 11.2. The Morgan fingerprint density at radius 1 is 1.56 bits per heavy atom. The van der Waals surface area contributed by atoms with Crippen molar-refractivity contribution in [3.8, 4) is 0 Å². The Balaban J connectivity index is 2.24. The van der Waals surface area contributed by atoms with Crippen molar-refractivity contribution in [1.29, 1.82) is 0 Å². The lowest BCUT2D eigenvalue weighted by atomic mass is 10.1. The fourth-order valence-electron chi connectivity index (χ4n) is 1.10. The molecule has 54 valence electrons. The number of nitrogens with one attached hydrogen (secondary N) is 1. The van der Waals surface area contributed by atoms with Gasteiger partial charge in [-0.25, -0.2) is 0 Å². The minimum Gasteiger partial charge on any atom is -0.324 e. The Bertz CT molecular complexity index is 136. The Morgan fingerprint density at radius 2 is 2.11 bits per heavy atom. The standard InChI is InChI=1S/C6H14NOP/c1-9(2,8)5-6-3-7-4-6/h6-7H,3-5H2,1-2H3. The monoisotopic (exact) mass is 147 g/mol. The molecule has 0 aromatic carbocycles. The van der Waals surface area contributed by atoms with Gasteiger partial charge < -0.3 is 9.88 Å². The Labute approximate surface area is 56.4 Å². The van der Waals surface area contributed by atoms with Crippen LogP contribution < -0.4 is 5.32 Å². The molecule has 1 rings (SSSR count). The Hall–Kier alpha value is 0.190. The van der Waals surface area contributed by atoms with Gasteiger partial charge in [-0.15, -0.1) is 0 Å². The van der Waals surface area contributed by atoms with E-state index in [-0.39, 0.29) is 0 Å². The average Bonchev–Trinajstić information content (AvgIpc) is 1.53. The van der Waals surface area contributed by atoms with Gasteiger partial charge in [0.1, 0.15) is 0 Å². The molecule has 0 amide bonds. The van der Waals surface area contributed by atoms with Crippen LogP contribution in [0.15, 0.2) is 0 Å². The van der Waals surface area contributed by atoms with Crippen LogP contribution in [0.4, 0.5) is 0 Å². The molecule has 0 aromatic heterocycles. The highest BCUT2D eigenvalue weighted by Gasteiger charge is 2.21. The lowest BCUT2D eigenvalue weighted by Crippen LogP contribution is -2.43. The summed E-state index contributed by atoms with van der Waals surface area (Å²) in [5.74, 6) is 0.700. The summed E-state index contributed by atoms with van der Waals surface area (Å²) in [6.07, 6.45) is 0.931. The van der Waals surface area contributed by atoms with Gasteiger partial charge in [-0.05, 0) is 32.3 Å². The Kier molecular flexibility index (Phi) is 1.97. The first kappa shape index (κ1) is 7.30. The molecule has 0 saturated carbocycles. The van der Waals surface area contributed by atoms with E-state index in [0.717, 1.165) is 19.3 Å². The second-order valence-corrected chi connectivity index (χ2v) is 6.79. The van der Waals surface area contributed by atoms with Crippen LogP contribution in [0.3, 0.4) is 0 Å². The SMILES string of the molecule is CP(C)(=O)CC1CNC1. The zero-order chi connectivity index (χ0) is 6.91. The minimum absolute atomic E-state index is 0.700. The van der Waals surface area contributed by atoms with E-state index in [0.29, 0.717) is 5.92 Å². The summed E-state index contributed by atoms with van der Waals surface area (Å²) in [6, 6.07) is 0. The first-order valence-electron chi connectivity index (χ1n) is 3.33. The van der Waals surface area contributed by atoms with Gasteiger partial charge in [-0.3, -0.25) is 0 Å². The summed E-state index contributed by atoms with van der Waals surface area (Å²) in [4.78, 5) is 0. The van der Waals surface area contributed by atoms with Crippen LogP contribution in [0.25, 0.3) is 0 Å². The molecule has 0 bridgehead atoms. The van der Waals surface area contributed by atoms with Gasteiger partial charge in [-0.2, -0.15) is 0 Å². The number of hydrogen-bond acceptors (Lipinski definition) is 2. The third-order valence-corrected chi connectivity index (χ3v) is 2.96. The molecule has 0 radical (unpaired) electrons. The van der Waals surface area contributed by atoms with Crippen molar-refractivity contribution in [1.82, 2.24) is 5.32 Å². The van der Waals surface area contributed by atoms with E-state index in [1.54, 1.807) is 0 Å². The van der Waals surface area contributed by atoms with Crippen molar-refractivity contribution in [2.45, 2.75) is 0 Å². The smallest absolute Gasteiger partial charge is 0.0822 e. The van der Waals surface area contributed by atoms with Crippen molar-refractivity contribution >= 4 is 7.14 Å². The highest BCUT2D eigenvalue weighted by Crippen LogP contribution is 2.38. The van der Waals surface area contributed by atoms with Crippen LogP contribution >= 0.6 is 7.14 Å². The molecule has 9 heavy (non-hydrogen) atoms. The fraction of sp³-hybridized carbons (Fsp3) is 1.00. The predicted molar refractivity (Wildman–Crippen MR) is 40.7 cm³/mol. The molecular weight excluding hydrogens is 133 g/mol. The first-order valence-corrected chi connectivity index (χ1v) is 6.11. The molecule has 1 saturated heterocycles. The maximum Gasteiger partial charge on any atom is 0.0822 e. The highest BCUT2D eigenvalue weighted by atomic mass is 31.2. The molecular formula is C6H14NOP. The maximum absolute atomic E-state index is 11.2. The zero-order valence-corrected chi connectivity index (χ0v) is 6.95. The van der Waals surface area contributed by atoms with Gasteiger partial charge in [0.05, 0.1) is 7.14 Å². The number of rotatable bonds is 2. The second kappa shape index (κ2) is 2.43. The van der Waals surface area contributed by atoms with E-state index in [4.69, 9.17) is 0 Å². The van der Waals surface area contributed by atoms with Crippen LogP contribution in [0.1, 0.15) is 0 Å². The highest BCUT2D eigenvalue weighted by molar-refractivity contribution is 7.62. The normalized spacial score (nSPS) is 21.6. The summed E-state index contributed by atoms with van der Waals surface area (Å²) in [7, 11) is -1.73. The van der Waals surface area contributed by atoms with E-state index in [2.05, 4.69) is 5.32 Å². The van der Waals surface area contributed by atoms with E-state index in [9.17, 15) is 4.57 Å². The van der Waals surface area contributed by atoms with E-state index in [1.165, 1.54) is 0 Å². The van der Waals surface area contributed by atoms with E-state index < -0.39 is 7.14 Å². The van der Waals surface area contributed by atoms with Crippen molar-refractivity contribution in [2.24, 2.45) is 5.92 Å². The van der Waals surface area contributed by atoms with Crippen LogP contribution in [0.5, 0.6) is 0 Å². The topological polar surface area (TPSA) is 29.1 Å². The third kappa shape index (κ3) is 2.51. The van der Waals surface area contributed by atoms with E-state index >= 15 is 0 Å². The molecule has 1 aliphatic rings. The molecule has 0 aromatic rings. The van der Waals surface area contributed by atoms with Gasteiger partial charge in [0.25, 0.3) is 0 Å². The molecule has 1 heterocycles. The summed E-state index contributed by atoms with van der Waals surface area (Å²) in [6.45, 7) is 5.88. The molecule has 1 N–H and O–H groups in total. The predicted octanol–water partition coefficient (Wildman–Crippen LogP) is 0.828. The van der Waals surface area contributed by atoms with Crippen molar-refractivity contribution < 1.29 is 4.57 Å². The first-order chi connectivity index (χ1) is 4.08. The third-order valence-electron chi connectivity index (χ3n) is 1.56. The van der Waals surface area contributed by atoms with Crippen molar-refractivity contribution in [3.63, 3.8) is 0 Å². The van der Waals surface area contributed by atoms with Crippen LogP contribution in [0, 0.1) is 5.92 Å². The average molecular weight is 147 g/mol. The molecule has 3 heteroatoms. The second-order valence-electron chi connectivity index (χ2n) is 3.28. The largest absolute Gasteiger partial charge is 0.324 e. The summed E-state index contributed by atoms with van der Waals surface area (Å²) >= 11 is 0.